The smallest absolute Gasteiger partial charge is 0.152 e. The van der Waals surface area contributed by atoms with E-state index < -0.39 is 0 Å². The van der Waals surface area contributed by atoms with Crippen molar-refractivity contribution in [2.75, 3.05) is 13.6 Å². The van der Waals surface area contributed by atoms with Crippen LogP contribution in [0.15, 0.2) is 53.2 Å². The lowest BCUT2D eigenvalue weighted by molar-refractivity contribution is 0.440. The average molecular weight is 365 g/mol. The molecular formula is C20H27N7. The van der Waals surface area contributed by atoms with Gasteiger partial charge in [0.1, 0.15) is 0 Å². The number of hydrogen-bond acceptors (Lipinski definition) is 5. The number of fused-ring (bicyclic) bond motifs is 2. The van der Waals surface area contributed by atoms with Gasteiger partial charge >= 0.3 is 0 Å². The maximum absolute atomic E-state index is 5.86. The first-order valence-corrected chi connectivity index (χ1v) is 9.15. The summed E-state index contributed by atoms with van der Waals surface area (Å²) in [7, 11) is 1.99. The Hall–Kier alpha value is -3.06. The van der Waals surface area contributed by atoms with Crippen LogP contribution in [0, 0.1) is 5.41 Å². The Bertz CT molecular complexity index is 891. The van der Waals surface area contributed by atoms with Crippen LogP contribution < -0.4 is 16.4 Å². The fourth-order valence-electron chi connectivity index (χ4n) is 3.36. The number of benzene rings is 1. The second-order valence-electron chi connectivity index (χ2n) is 6.52. The molecule has 7 nitrogen and oxygen atoms in total. The van der Waals surface area contributed by atoms with Crippen LogP contribution in [0.5, 0.6) is 0 Å². The normalized spacial score (nSPS) is 17.9. The first-order chi connectivity index (χ1) is 13.2. The molecule has 2 aliphatic heterocycles. The molecule has 0 radical (unpaired) electrons. The molecule has 0 saturated carbocycles. The van der Waals surface area contributed by atoms with Crippen LogP contribution in [-0.2, 0) is 0 Å². The van der Waals surface area contributed by atoms with E-state index in [4.69, 9.17) is 5.41 Å². The van der Waals surface area contributed by atoms with E-state index in [9.17, 15) is 0 Å². The van der Waals surface area contributed by atoms with E-state index in [2.05, 4.69) is 74.8 Å². The molecule has 0 aliphatic carbocycles. The molecule has 27 heavy (non-hydrogen) atoms. The van der Waals surface area contributed by atoms with E-state index in [1.807, 2.05) is 13.3 Å². The highest BCUT2D eigenvalue weighted by Gasteiger charge is 2.28. The first-order valence-electron chi connectivity index (χ1n) is 9.15. The van der Waals surface area contributed by atoms with Gasteiger partial charge in [-0.15, -0.1) is 0 Å². The van der Waals surface area contributed by atoms with Crippen molar-refractivity contribution in [3.8, 4) is 0 Å². The van der Waals surface area contributed by atoms with E-state index in [0.717, 1.165) is 42.8 Å². The van der Waals surface area contributed by atoms with Crippen molar-refractivity contribution in [3.05, 3.63) is 53.7 Å². The molecule has 6 N–H and O–H groups in total. The molecule has 3 heterocycles. The summed E-state index contributed by atoms with van der Waals surface area (Å²) in [5, 5.41) is 14.0. The molecule has 7 heteroatoms. The van der Waals surface area contributed by atoms with Crippen LogP contribution in [0.4, 0.5) is 0 Å². The molecule has 0 fully saturated rings. The van der Waals surface area contributed by atoms with Gasteiger partial charge in [-0.25, -0.2) is 4.99 Å². The SMILES string of the molecule is CNCCCC1=C2N=CC(C)N2C=C(c2c[nH]c3ccccc23)N1.N=CN. The van der Waals surface area contributed by atoms with Crippen molar-refractivity contribution in [2.45, 2.75) is 25.8 Å². The number of para-hydroxylation sites is 1. The number of aliphatic imine (C=N–C) groups is 1. The van der Waals surface area contributed by atoms with Gasteiger partial charge in [0.05, 0.1) is 23.8 Å². The predicted octanol–water partition coefficient (Wildman–Crippen LogP) is 2.57. The van der Waals surface area contributed by atoms with Crippen molar-refractivity contribution in [3.63, 3.8) is 0 Å². The van der Waals surface area contributed by atoms with Gasteiger partial charge in [0.25, 0.3) is 0 Å². The first kappa shape index (κ1) is 18.7. The van der Waals surface area contributed by atoms with Gasteiger partial charge in [0, 0.05) is 35.1 Å². The molecule has 2 aliphatic rings. The molecule has 0 bridgehead atoms. The number of H-pyrrole nitrogens is 1. The van der Waals surface area contributed by atoms with Crippen LogP contribution in [0.3, 0.4) is 0 Å². The fraction of sp³-hybridized carbons (Fsp3) is 0.300. The third-order valence-electron chi connectivity index (χ3n) is 4.65. The van der Waals surface area contributed by atoms with E-state index in [-0.39, 0.29) is 0 Å². The summed E-state index contributed by atoms with van der Waals surface area (Å²) < 4.78 is 0. The molecule has 1 unspecified atom stereocenters. The summed E-state index contributed by atoms with van der Waals surface area (Å²) in [4.78, 5) is 10.3. The van der Waals surface area contributed by atoms with Gasteiger partial charge in [-0.2, -0.15) is 0 Å². The highest BCUT2D eigenvalue weighted by molar-refractivity contribution is 5.92. The Morgan fingerprint density at radius 1 is 1.37 bits per heavy atom. The molecule has 1 atom stereocenters. The van der Waals surface area contributed by atoms with Crippen molar-refractivity contribution < 1.29 is 0 Å². The van der Waals surface area contributed by atoms with Gasteiger partial charge in [-0.1, -0.05) is 18.2 Å². The Kier molecular flexibility index (Phi) is 5.93. The molecule has 0 amide bonds. The zero-order valence-corrected chi connectivity index (χ0v) is 15.8. The summed E-state index contributed by atoms with van der Waals surface area (Å²) in [6.07, 6.45) is 9.10. The maximum atomic E-state index is 5.86. The molecule has 0 spiro atoms. The quantitative estimate of drug-likeness (QED) is 0.319. The summed E-state index contributed by atoms with van der Waals surface area (Å²) >= 11 is 0. The van der Waals surface area contributed by atoms with Crippen molar-refractivity contribution >= 4 is 29.2 Å². The summed E-state index contributed by atoms with van der Waals surface area (Å²) in [6.45, 7) is 3.18. The minimum atomic E-state index is 0.293. The number of nitrogens with zero attached hydrogens (tertiary/aromatic N) is 2. The van der Waals surface area contributed by atoms with E-state index in [1.165, 1.54) is 16.6 Å². The Morgan fingerprint density at radius 3 is 2.93 bits per heavy atom. The van der Waals surface area contributed by atoms with Crippen molar-refractivity contribution in [1.29, 1.82) is 5.41 Å². The average Bonchev–Trinajstić information content (AvgIpc) is 3.27. The number of hydrogen-bond donors (Lipinski definition) is 5. The lowest BCUT2D eigenvalue weighted by atomic mass is 10.1. The molecule has 1 aromatic heterocycles. The van der Waals surface area contributed by atoms with E-state index >= 15 is 0 Å². The van der Waals surface area contributed by atoms with Crippen LogP contribution in [0.1, 0.15) is 25.3 Å². The van der Waals surface area contributed by atoms with Crippen LogP contribution in [-0.4, -0.2) is 42.1 Å². The number of nitrogens with one attached hydrogen (secondary N) is 4. The Balaban J connectivity index is 0.000000659. The molecule has 1 aromatic carbocycles. The van der Waals surface area contributed by atoms with E-state index in [0.29, 0.717) is 6.04 Å². The van der Waals surface area contributed by atoms with Gasteiger partial charge in [0.15, 0.2) is 5.82 Å². The topological polar surface area (TPSA) is 105 Å². The van der Waals surface area contributed by atoms with Crippen LogP contribution in [0.25, 0.3) is 16.6 Å². The number of aromatic nitrogens is 1. The number of nitrogens with two attached hydrogens (primary N) is 1. The number of allylic oxidation sites excluding steroid dienone is 1. The van der Waals surface area contributed by atoms with Gasteiger partial charge in [0.2, 0.25) is 0 Å². The van der Waals surface area contributed by atoms with Gasteiger partial charge in [-0.05, 0) is 39.4 Å². The number of aromatic amines is 1. The highest BCUT2D eigenvalue weighted by Crippen LogP contribution is 2.32. The summed E-state index contributed by atoms with van der Waals surface area (Å²) in [5.74, 6) is 1.06. The zero-order valence-electron chi connectivity index (χ0n) is 15.8. The molecule has 0 saturated heterocycles. The predicted molar refractivity (Wildman–Crippen MR) is 112 cm³/mol. The lowest BCUT2D eigenvalue weighted by Crippen LogP contribution is -2.31. The van der Waals surface area contributed by atoms with Crippen molar-refractivity contribution in [1.82, 2.24) is 20.5 Å². The second kappa shape index (κ2) is 8.55. The van der Waals surface area contributed by atoms with Crippen LogP contribution in [0.2, 0.25) is 0 Å². The minimum Gasteiger partial charge on any atom is -0.390 e. The molecule has 4 rings (SSSR count). The summed E-state index contributed by atoms with van der Waals surface area (Å²) in [5.41, 5.74) is 9.09. The molecule has 142 valence electrons. The van der Waals surface area contributed by atoms with E-state index in [1.54, 1.807) is 0 Å². The monoisotopic (exact) mass is 365 g/mol. The fourth-order valence-corrected chi connectivity index (χ4v) is 3.36. The van der Waals surface area contributed by atoms with Crippen molar-refractivity contribution in [2.24, 2.45) is 10.7 Å². The highest BCUT2D eigenvalue weighted by atomic mass is 15.3. The lowest BCUT2D eigenvalue weighted by Gasteiger charge is -2.29. The Labute approximate surface area is 159 Å². The summed E-state index contributed by atoms with van der Waals surface area (Å²) in [6, 6.07) is 8.70. The standard InChI is InChI=1S/C19H23N5.CH4N2/c1-13-10-22-19-17(8-5-9-20-2)23-18(12-24(13)19)15-11-21-16-7-4-3-6-14(15)16;2-1-3/h3-4,6-7,10-13,20-21,23H,5,8-9H2,1-2H3;1H,(H3,2,3). The third kappa shape index (κ3) is 3.88. The van der Waals surface area contributed by atoms with Crippen LogP contribution >= 0.6 is 0 Å². The third-order valence-corrected chi connectivity index (χ3v) is 4.65. The van der Waals surface area contributed by atoms with Gasteiger partial charge in [-0.3, -0.25) is 5.41 Å². The second-order valence-corrected chi connectivity index (χ2v) is 6.52. The minimum absolute atomic E-state index is 0.293. The number of rotatable bonds is 5. The zero-order chi connectivity index (χ0) is 19.2. The molecule has 2 aromatic rings. The maximum Gasteiger partial charge on any atom is 0.152 e. The largest absolute Gasteiger partial charge is 0.390 e. The Morgan fingerprint density at radius 2 is 2.15 bits per heavy atom. The molecular weight excluding hydrogens is 338 g/mol. The van der Waals surface area contributed by atoms with Gasteiger partial charge < -0.3 is 26.3 Å².